The Bertz CT molecular complexity index is 1150. The number of rotatable bonds is 5. The zero-order valence-corrected chi connectivity index (χ0v) is 21.7. The van der Waals surface area contributed by atoms with Crippen LogP contribution in [0.4, 0.5) is 5.69 Å². The summed E-state index contributed by atoms with van der Waals surface area (Å²) in [6, 6.07) is 5.18. The number of carbonyl (C=O) groups is 3. The summed E-state index contributed by atoms with van der Waals surface area (Å²) in [6.45, 7) is 6.16. The molecule has 1 saturated heterocycles. The molecule has 9 heteroatoms. The fourth-order valence-corrected chi connectivity index (χ4v) is 8.03. The minimum atomic E-state index is -1.91. The normalized spacial score (nSPS) is 35.9. The van der Waals surface area contributed by atoms with Crippen molar-refractivity contribution in [3.05, 3.63) is 35.9 Å². The number of anilines is 1. The molecule has 2 fully saturated rings. The van der Waals surface area contributed by atoms with Crippen LogP contribution in [-0.4, -0.2) is 81.0 Å². The standard InChI is InChI=1S/C27H34N2O7/c1-7-25-11-8-13-29-14-12-26(21(25)29)19-10-9-18(33-5)15-20(19)28(4)22(26)27(24(32)34-6,36-17(3)31)23(25)35-16(2)30/h8-11,15,21-23H,7,12-14H2,1-6H3/t21-,22+,23+,25+,26?,27-/m0/s1. The zero-order valence-electron chi connectivity index (χ0n) is 21.7. The number of methoxy groups -OCH3 is 2. The van der Waals surface area contributed by atoms with Crippen LogP contribution in [0.15, 0.2) is 30.4 Å². The highest BCUT2D eigenvalue weighted by atomic mass is 16.6. The summed E-state index contributed by atoms with van der Waals surface area (Å²) in [7, 11) is 4.78. The molecule has 5 rings (SSSR count). The predicted octanol–water partition coefficient (Wildman–Crippen LogP) is 2.21. The molecule has 0 aromatic heterocycles. The third kappa shape index (κ3) is 2.83. The Kier molecular flexibility index (Phi) is 5.63. The van der Waals surface area contributed by atoms with E-state index in [1.165, 1.54) is 21.0 Å². The molecule has 36 heavy (non-hydrogen) atoms. The van der Waals surface area contributed by atoms with Crippen LogP contribution in [0.25, 0.3) is 0 Å². The molecule has 1 aromatic carbocycles. The second kappa shape index (κ2) is 8.23. The van der Waals surface area contributed by atoms with Gasteiger partial charge in [-0.3, -0.25) is 14.5 Å². The molecule has 0 N–H and O–H groups in total. The quantitative estimate of drug-likeness (QED) is 0.344. The van der Waals surface area contributed by atoms with Gasteiger partial charge in [0, 0.05) is 56.1 Å². The Morgan fingerprint density at radius 1 is 1.11 bits per heavy atom. The molecular formula is C27H34N2O7. The molecule has 1 saturated carbocycles. The Hall–Kier alpha value is -3.07. The molecule has 1 aromatic rings. The number of nitrogens with zero attached hydrogens (tertiary/aromatic N) is 2. The van der Waals surface area contributed by atoms with Crippen LogP contribution in [-0.2, 0) is 34.0 Å². The fourth-order valence-electron chi connectivity index (χ4n) is 8.03. The number of ether oxygens (including phenoxy) is 4. The number of benzene rings is 1. The molecule has 0 amide bonds. The largest absolute Gasteiger partial charge is 0.497 e. The highest BCUT2D eigenvalue weighted by Gasteiger charge is 2.82. The van der Waals surface area contributed by atoms with Crippen molar-refractivity contribution in [3.63, 3.8) is 0 Å². The van der Waals surface area contributed by atoms with Crippen molar-refractivity contribution in [1.29, 1.82) is 0 Å². The minimum absolute atomic E-state index is 0.0974. The van der Waals surface area contributed by atoms with E-state index >= 15 is 0 Å². The van der Waals surface area contributed by atoms with Gasteiger partial charge < -0.3 is 23.8 Å². The lowest BCUT2D eigenvalue weighted by molar-refractivity contribution is -0.239. The van der Waals surface area contributed by atoms with Gasteiger partial charge in [0.05, 0.1) is 20.3 Å². The SMILES string of the molecule is CC[C@]12C=CCN3CCC4(c5ccc(OC)cc5N(C)[C@H]4[C@@](OC(C)=O)(C(=O)OC)[C@@H]1OC(C)=O)[C@@H]32. The first-order valence-electron chi connectivity index (χ1n) is 12.4. The van der Waals surface area contributed by atoms with E-state index in [1.54, 1.807) is 7.11 Å². The van der Waals surface area contributed by atoms with Gasteiger partial charge in [0.1, 0.15) is 5.75 Å². The summed E-state index contributed by atoms with van der Waals surface area (Å²) in [5, 5.41) is 0. The predicted molar refractivity (Wildman–Crippen MR) is 131 cm³/mol. The summed E-state index contributed by atoms with van der Waals surface area (Å²) in [5.41, 5.74) is -1.35. The first-order chi connectivity index (χ1) is 17.1. The summed E-state index contributed by atoms with van der Waals surface area (Å²) < 4.78 is 23.1. The second-order valence-electron chi connectivity index (χ2n) is 10.3. The van der Waals surface area contributed by atoms with Gasteiger partial charge in [-0.25, -0.2) is 4.79 Å². The van der Waals surface area contributed by atoms with Gasteiger partial charge in [-0.2, -0.15) is 0 Å². The molecule has 1 aliphatic carbocycles. The lowest BCUT2D eigenvalue weighted by atomic mass is 9.47. The van der Waals surface area contributed by atoms with E-state index in [-0.39, 0.29) is 6.04 Å². The molecular weight excluding hydrogens is 464 g/mol. The number of carbonyl (C=O) groups excluding carboxylic acids is 3. The molecule has 1 unspecified atom stereocenters. The maximum absolute atomic E-state index is 14.0. The van der Waals surface area contributed by atoms with Crippen molar-refractivity contribution in [3.8, 4) is 5.75 Å². The van der Waals surface area contributed by atoms with Crippen molar-refractivity contribution < 1.29 is 33.3 Å². The van der Waals surface area contributed by atoms with E-state index in [0.717, 1.165) is 30.8 Å². The van der Waals surface area contributed by atoms with Gasteiger partial charge in [0.15, 0.2) is 6.10 Å². The third-order valence-corrected chi connectivity index (χ3v) is 8.90. The maximum Gasteiger partial charge on any atom is 0.356 e. The van der Waals surface area contributed by atoms with E-state index in [4.69, 9.17) is 18.9 Å². The van der Waals surface area contributed by atoms with Crippen LogP contribution in [0, 0.1) is 5.41 Å². The Labute approximate surface area is 211 Å². The monoisotopic (exact) mass is 498 g/mol. The lowest BCUT2D eigenvalue weighted by Gasteiger charge is -2.64. The topological polar surface area (TPSA) is 94.6 Å². The average molecular weight is 499 g/mol. The highest BCUT2D eigenvalue weighted by molar-refractivity contribution is 5.89. The minimum Gasteiger partial charge on any atom is -0.497 e. The fraction of sp³-hybridized carbons (Fsp3) is 0.593. The first kappa shape index (κ1) is 24.6. The van der Waals surface area contributed by atoms with Crippen molar-refractivity contribution in [2.45, 2.75) is 62.8 Å². The van der Waals surface area contributed by atoms with Gasteiger partial charge in [0.25, 0.3) is 5.60 Å². The van der Waals surface area contributed by atoms with Crippen molar-refractivity contribution in [2.24, 2.45) is 5.41 Å². The summed E-state index contributed by atoms with van der Waals surface area (Å²) in [4.78, 5) is 43.8. The van der Waals surface area contributed by atoms with Crippen LogP contribution in [0.1, 0.15) is 39.2 Å². The van der Waals surface area contributed by atoms with Crippen LogP contribution in [0.3, 0.4) is 0 Å². The summed E-state index contributed by atoms with van der Waals surface area (Å²) in [5.74, 6) is -1.25. The van der Waals surface area contributed by atoms with Crippen LogP contribution < -0.4 is 9.64 Å². The van der Waals surface area contributed by atoms with Crippen molar-refractivity contribution in [1.82, 2.24) is 4.90 Å². The molecule has 0 radical (unpaired) electrons. The number of likely N-dealkylation sites (N-methyl/N-ethyl adjacent to an activating group) is 1. The molecule has 3 heterocycles. The molecule has 0 bridgehead atoms. The lowest BCUT2D eigenvalue weighted by Crippen LogP contribution is -2.82. The van der Waals surface area contributed by atoms with Crippen LogP contribution in [0.2, 0.25) is 0 Å². The number of hydrogen-bond donors (Lipinski definition) is 0. The van der Waals surface area contributed by atoms with Gasteiger partial charge in [-0.05, 0) is 31.0 Å². The second-order valence-corrected chi connectivity index (χ2v) is 10.3. The van der Waals surface area contributed by atoms with E-state index in [9.17, 15) is 14.4 Å². The van der Waals surface area contributed by atoms with E-state index < -0.39 is 46.5 Å². The first-order valence-corrected chi connectivity index (χ1v) is 12.4. The van der Waals surface area contributed by atoms with Gasteiger partial charge in [0.2, 0.25) is 0 Å². The Morgan fingerprint density at radius 2 is 1.86 bits per heavy atom. The maximum atomic E-state index is 14.0. The molecule has 4 aliphatic rings. The molecule has 6 atom stereocenters. The van der Waals surface area contributed by atoms with Crippen LogP contribution >= 0.6 is 0 Å². The smallest absolute Gasteiger partial charge is 0.356 e. The van der Waals surface area contributed by atoms with Gasteiger partial charge >= 0.3 is 17.9 Å². The molecule has 9 nitrogen and oxygen atoms in total. The highest BCUT2D eigenvalue weighted by Crippen LogP contribution is 2.68. The molecule has 1 spiro atoms. The van der Waals surface area contributed by atoms with Gasteiger partial charge in [-0.1, -0.05) is 25.1 Å². The van der Waals surface area contributed by atoms with E-state index in [0.29, 0.717) is 12.2 Å². The van der Waals surface area contributed by atoms with E-state index in [1.807, 2.05) is 31.0 Å². The third-order valence-electron chi connectivity index (χ3n) is 8.90. The van der Waals surface area contributed by atoms with Gasteiger partial charge in [-0.15, -0.1) is 0 Å². The average Bonchev–Trinajstić information content (AvgIpc) is 3.36. The summed E-state index contributed by atoms with van der Waals surface area (Å²) >= 11 is 0. The molecule has 194 valence electrons. The number of hydrogen-bond acceptors (Lipinski definition) is 9. The summed E-state index contributed by atoms with van der Waals surface area (Å²) in [6.07, 6.45) is 4.35. The Balaban J connectivity index is 1.91. The van der Waals surface area contributed by atoms with Crippen LogP contribution in [0.5, 0.6) is 5.75 Å². The molecule has 3 aliphatic heterocycles. The number of fused-ring (bicyclic) bond motifs is 1. The van der Waals surface area contributed by atoms with Crippen molar-refractivity contribution >= 4 is 23.6 Å². The zero-order chi connectivity index (χ0) is 26.0. The van der Waals surface area contributed by atoms with Crippen molar-refractivity contribution in [2.75, 3.05) is 39.3 Å². The van der Waals surface area contributed by atoms with E-state index in [2.05, 4.69) is 23.1 Å². The Morgan fingerprint density at radius 3 is 2.47 bits per heavy atom. The number of esters is 3.